The molecule has 13 heavy (non-hydrogen) atoms. The Labute approximate surface area is 74.1 Å². The van der Waals surface area contributed by atoms with Gasteiger partial charge >= 0.3 is 5.92 Å². The van der Waals surface area contributed by atoms with Gasteiger partial charge in [-0.3, -0.25) is 0 Å². The van der Waals surface area contributed by atoms with Crippen molar-refractivity contribution in [1.82, 2.24) is 10.1 Å². The Balaban J connectivity index is 2.87. The molecule has 0 spiro atoms. The number of aromatic nitrogens is 2. The molecular weight excluding hydrogens is 180 g/mol. The molecule has 1 heterocycles. The van der Waals surface area contributed by atoms with Gasteiger partial charge in [0.2, 0.25) is 0 Å². The maximum absolute atomic E-state index is 12.6. The minimum atomic E-state index is -3.10. The number of hydrogen-bond donors (Lipinski definition) is 1. The molecule has 1 atom stereocenters. The van der Waals surface area contributed by atoms with E-state index in [1.54, 1.807) is 0 Å². The first-order valence-corrected chi connectivity index (χ1v) is 3.92. The van der Waals surface area contributed by atoms with Crippen LogP contribution in [0, 0.1) is 0 Å². The van der Waals surface area contributed by atoms with Crippen LogP contribution >= 0.6 is 0 Å². The van der Waals surface area contributed by atoms with Gasteiger partial charge in [-0.15, -0.1) is 0 Å². The quantitative estimate of drug-likeness (QED) is 0.787. The zero-order chi connectivity index (χ0) is 10.1. The second kappa shape index (κ2) is 3.37. The molecule has 1 unspecified atom stereocenters. The molecule has 0 amide bonds. The fourth-order valence-electron chi connectivity index (χ4n) is 0.746. The molecular formula is C7H11F2N3O. The standard InChI is InChI=1S/C7H11F2N3O/c1-3-4(10)5-11-6(13-12-5)7(2,8)9/h4H,3,10H2,1-2H3. The van der Waals surface area contributed by atoms with Gasteiger partial charge in [0, 0.05) is 6.92 Å². The van der Waals surface area contributed by atoms with Crippen LogP contribution in [0.2, 0.25) is 0 Å². The Morgan fingerprint density at radius 3 is 2.62 bits per heavy atom. The zero-order valence-electron chi connectivity index (χ0n) is 7.42. The van der Waals surface area contributed by atoms with E-state index in [0.29, 0.717) is 13.3 Å². The minimum Gasteiger partial charge on any atom is -0.333 e. The Kier molecular flexibility index (Phi) is 2.60. The lowest BCUT2D eigenvalue weighted by Gasteiger charge is -2.02. The van der Waals surface area contributed by atoms with Gasteiger partial charge < -0.3 is 10.3 Å². The van der Waals surface area contributed by atoms with E-state index in [2.05, 4.69) is 14.7 Å². The first-order chi connectivity index (χ1) is 5.95. The van der Waals surface area contributed by atoms with Crippen LogP contribution < -0.4 is 5.73 Å². The summed E-state index contributed by atoms with van der Waals surface area (Å²) in [4.78, 5) is 3.50. The van der Waals surface area contributed by atoms with Crippen molar-refractivity contribution in [2.75, 3.05) is 0 Å². The van der Waals surface area contributed by atoms with E-state index in [1.165, 1.54) is 0 Å². The summed E-state index contributed by atoms with van der Waals surface area (Å²) in [6, 6.07) is -0.445. The van der Waals surface area contributed by atoms with Crippen molar-refractivity contribution in [3.05, 3.63) is 11.7 Å². The highest BCUT2D eigenvalue weighted by molar-refractivity contribution is 4.96. The van der Waals surface area contributed by atoms with Crippen molar-refractivity contribution >= 4 is 0 Å². The highest BCUT2D eigenvalue weighted by atomic mass is 19.3. The van der Waals surface area contributed by atoms with Gasteiger partial charge in [-0.05, 0) is 6.42 Å². The minimum absolute atomic E-state index is 0.124. The van der Waals surface area contributed by atoms with Gasteiger partial charge in [-0.25, -0.2) is 0 Å². The van der Waals surface area contributed by atoms with Crippen molar-refractivity contribution in [2.45, 2.75) is 32.2 Å². The SMILES string of the molecule is CCC(N)c1noc(C(C)(F)F)n1. The number of alkyl halides is 2. The monoisotopic (exact) mass is 191 g/mol. The predicted molar refractivity (Wildman–Crippen MR) is 41.1 cm³/mol. The smallest absolute Gasteiger partial charge is 0.322 e. The van der Waals surface area contributed by atoms with Crippen LogP contribution in [0.25, 0.3) is 0 Å². The van der Waals surface area contributed by atoms with Crippen LogP contribution in [0.4, 0.5) is 8.78 Å². The molecule has 74 valence electrons. The zero-order valence-corrected chi connectivity index (χ0v) is 7.42. The Bertz CT molecular complexity index is 282. The largest absolute Gasteiger partial charge is 0.333 e. The van der Waals surface area contributed by atoms with E-state index in [9.17, 15) is 8.78 Å². The van der Waals surface area contributed by atoms with Crippen molar-refractivity contribution in [3.63, 3.8) is 0 Å². The summed E-state index contributed by atoms with van der Waals surface area (Å²) < 4.78 is 29.6. The maximum atomic E-state index is 12.6. The fourth-order valence-corrected chi connectivity index (χ4v) is 0.746. The number of halogens is 2. The molecule has 1 rings (SSSR count). The highest BCUT2D eigenvalue weighted by Crippen LogP contribution is 2.25. The van der Waals surface area contributed by atoms with E-state index < -0.39 is 17.9 Å². The molecule has 4 nitrogen and oxygen atoms in total. The average Bonchev–Trinajstić information content (AvgIpc) is 2.50. The molecule has 6 heteroatoms. The number of rotatable bonds is 3. The van der Waals surface area contributed by atoms with Gasteiger partial charge in [0.1, 0.15) is 0 Å². The predicted octanol–water partition coefficient (Wildman–Crippen LogP) is 1.59. The lowest BCUT2D eigenvalue weighted by Crippen LogP contribution is -2.12. The van der Waals surface area contributed by atoms with Crippen LogP contribution in [0.5, 0.6) is 0 Å². The summed E-state index contributed by atoms with van der Waals surface area (Å²) in [5.74, 6) is -3.66. The maximum Gasteiger partial charge on any atom is 0.322 e. The van der Waals surface area contributed by atoms with Crippen molar-refractivity contribution in [2.24, 2.45) is 5.73 Å². The number of nitrogens with two attached hydrogens (primary N) is 1. The van der Waals surface area contributed by atoms with Crippen LogP contribution in [-0.2, 0) is 5.92 Å². The Morgan fingerprint density at radius 1 is 1.62 bits per heavy atom. The molecule has 0 saturated carbocycles. The molecule has 0 saturated heterocycles. The fraction of sp³-hybridized carbons (Fsp3) is 0.714. The van der Waals surface area contributed by atoms with Crippen molar-refractivity contribution in [1.29, 1.82) is 0 Å². The summed E-state index contributed by atoms with van der Waals surface area (Å²) in [6.07, 6.45) is 0.578. The molecule has 0 aromatic carbocycles. The van der Waals surface area contributed by atoms with E-state index in [1.807, 2.05) is 6.92 Å². The van der Waals surface area contributed by atoms with E-state index >= 15 is 0 Å². The van der Waals surface area contributed by atoms with E-state index in [4.69, 9.17) is 5.73 Å². The van der Waals surface area contributed by atoms with Crippen LogP contribution in [-0.4, -0.2) is 10.1 Å². The topological polar surface area (TPSA) is 64.9 Å². The molecule has 0 aliphatic carbocycles. The highest BCUT2D eigenvalue weighted by Gasteiger charge is 2.32. The summed E-state index contributed by atoms with van der Waals surface area (Å²) >= 11 is 0. The van der Waals surface area contributed by atoms with E-state index in [-0.39, 0.29) is 5.82 Å². The van der Waals surface area contributed by atoms with Gasteiger partial charge in [0.15, 0.2) is 5.82 Å². The molecule has 0 aliphatic heterocycles. The third-order valence-corrected chi connectivity index (χ3v) is 1.59. The second-order valence-corrected chi connectivity index (χ2v) is 2.86. The third-order valence-electron chi connectivity index (χ3n) is 1.59. The second-order valence-electron chi connectivity index (χ2n) is 2.86. The van der Waals surface area contributed by atoms with Crippen molar-refractivity contribution in [3.8, 4) is 0 Å². The molecule has 0 fully saturated rings. The van der Waals surface area contributed by atoms with Crippen LogP contribution in [0.1, 0.15) is 38.0 Å². The normalized spacial score (nSPS) is 14.5. The molecule has 1 aromatic heterocycles. The Hall–Kier alpha value is -1.04. The molecule has 0 aliphatic rings. The summed E-state index contributed by atoms with van der Waals surface area (Å²) in [5.41, 5.74) is 5.52. The first kappa shape index (κ1) is 10.0. The van der Waals surface area contributed by atoms with Gasteiger partial charge in [-0.1, -0.05) is 12.1 Å². The lowest BCUT2D eigenvalue weighted by molar-refractivity contribution is -0.0158. The molecule has 0 radical (unpaired) electrons. The van der Waals surface area contributed by atoms with Crippen molar-refractivity contribution < 1.29 is 13.3 Å². The lowest BCUT2D eigenvalue weighted by atomic mass is 10.2. The van der Waals surface area contributed by atoms with Gasteiger partial charge in [-0.2, -0.15) is 13.8 Å². The number of hydrogen-bond acceptors (Lipinski definition) is 4. The Morgan fingerprint density at radius 2 is 2.23 bits per heavy atom. The molecule has 2 N–H and O–H groups in total. The summed E-state index contributed by atoms with van der Waals surface area (Å²) in [7, 11) is 0. The molecule has 1 aromatic rings. The van der Waals surface area contributed by atoms with Crippen LogP contribution in [0.15, 0.2) is 4.52 Å². The summed E-state index contributed by atoms with van der Waals surface area (Å²) in [6.45, 7) is 2.51. The third kappa shape index (κ3) is 2.21. The average molecular weight is 191 g/mol. The van der Waals surface area contributed by atoms with Crippen LogP contribution in [0.3, 0.4) is 0 Å². The number of nitrogens with zero attached hydrogens (tertiary/aromatic N) is 2. The van der Waals surface area contributed by atoms with Gasteiger partial charge in [0.05, 0.1) is 6.04 Å². The molecule has 0 bridgehead atoms. The summed E-state index contributed by atoms with van der Waals surface area (Å²) in [5, 5.41) is 3.36. The first-order valence-electron chi connectivity index (χ1n) is 3.92. The van der Waals surface area contributed by atoms with Gasteiger partial charge in [0.25, 0.3) is 5.89 Å². The van der Waals surface area contributed by atoms with E-state index in [0.717, 1.165) is 0 Å².